The van der Waals surface area contributed by atoms with Crippen LogP contribution in [0.1, 0.15) is 16.3 Å². The Labute approximate surface area is 87.1 Å². The lowest BCUT2D eigenvalue weighted by Crippen LogP contribution is -2.10. The molecule has 0 N–H and O–H groups in total. The number of esters is 1. The summed E-state index contributed by atoms with van der Waals surface area (Å²) in [5.74, 6) is 0.355. The fraction of sp³-hybridized carbons (Fsp3) is 0.333. The van der Waals surface area contributed by atoms with E-state index in [9.17, 15) is 4.79 Å². The summed E-state index contributed by atoms with van der Waals surface area (Å²) in [6.45, 7) is 2.33. The van der Waals surface area contributed by atoms with Gasteiger partial charge < -0.3 is 9.30 Å². The lowest BCUT2D eigenvalue weighted by molar-refractivity contribution is 0.0589. The number of ether oxygens (including phenoxy) is 1. The number of rotatable bonds is 3. The van der Waals surface area contributed by atoms with E-state index in [4.69, 9.17) is 11.6 Å². The normalized spacial score (nSPS) is 10.8. The van der Waals surface area contributed by atoms with Gasteiger partial charge >= 0.3 is 5.97 Å². The summed E-state index contributed by atoms with van der Waals surface area (Å²) in [6, 6.07) is 0. The molecule has 4 nitrogen and oxygen atoms in total. The molecule has 76 valence electrons. The van der Waals surface area contributed by atoms with Crippen molar-refractivity contribution in [3.05, 3.63) is 29.3 Å². The summed E-state index contributed by atoms with van der Waals surface area (Å²) in [6.07, 6.45) is 3.21. The summed E-state index contributed by atoms with van der Waals surface area (Å²) in [7, 11) is 1.34. The highest BCUT2D eigenvalue weighted by atomic mass is 35.5. The average Bonchev–Trinajstić information content (AvgIpc) is 2.56. The minimum Gasteiger partial charge on any atom is -0.464 e. The van der Waals surface area contributed by atoms with Crippen LogP contribution in [0.5, 0.6) is 0 Å². The molecule has 0 saturated carbocycles. The lowest BCUT2D eigenvalue weighted by Gasteiger charge is -2.04. The largest absolute Gasteiger partial charge is 0.464 e. The molecule has 5 heteroatoms. The van der Waals surface area contributed by atoms with Gasteiger partial charge in [-0.1, -0.05) is 17.7 Å². The number of methoxy groups -OCH3 is 1. The predicted octanol–water partition coefficient (Wildman–Crippen LogP) is 1.73. The Morgan fingerprint density at radius 2 is 2.50 bits per heavy atom. The van der Waals surface area contributed by atoms with Gasteiger partial charge in [0, 0.05) is 12.1 Å². The molecule has 0 unspecified atom stereocenters. The molecule has 0 fully saturated rings. The molecular formula is C9H11ClN2O2. The maximum atomic E-state index is 11.3. The van der Waals surface area contributed by atoms with Crippen LogP contribution in [0.15, 0.2) is 17.8 Å². The number of carbonyl (C=O) groups excluding carboxylic acids is 1. The molecule has 0 amide bonds. The SMILES string of the molecule is COC(=O)c1cnc(C)n1CC=CCl. The minimum atomic E-state index is -0.395. The highest BCUT2D eigenvalue weighted by Gasteiger charge is 2.13. The highest BCUT2D eigenvalue weighted by molar-refractivity contribution is 6.25. The zero-order chi connectivity index (χ0) is 10.6. The molecule has 1 rings (SSSR count). The van der Waals surface area contributed by atoms with Gasteiger partial charge in [0.2, 0.25) is 0 Å². The van der Waals surface area contributed by atoms with Gasteiger partial charge in [0.1, 0.15) is 11.5 Å². The monoisotopic (exact) mass is 214 g/mol. The van der Waals surface area contributed by atoms with Crippen molar-refractivity contribution in [3.63, 3.8) is 0 Å². The van der Waals surface area contributed by atoms with E-state index in [2.05, 4.69) is 9.72 Å². The first-order valence-corrected chi connectivity index (χ1v) is 4.50. The Hall–Kier alpha value is -1.29. The van der Waals surface area contributed by atoms with Crippen molar-refractivity contribution in [2.75, 3.05) is 7.11 Å². The van der Waals surface area contributed by atoms with Gasteiger partial charge in [-0.2, -0.15) is 0 Å². The molecule has 1 heterocycles. The van der Waals surface area contributed by atoms with Crippen molar-refractivity contribution >= 4 is 17.6 Å². The minimum absolute atomic E-state index is 0.395. The topological polar surface area (TPSA) is 44.1 Å². The number of imidazole rings is 1. The van der Waals surface area contributed by atoms with Gasteiger partial charge in [-0.3, -0.25) is 0 Å². The summed E-state index contributed by atoms with van der Waals surface area (Å²) in [4.78, 5) is 15.3. The van der Waals surface area contributed by atoms with Gasteiger partial charge in [0.15, 0.2) is 0 Å². The molecule has 0 aliphatic heterocycles. The number of hydrogen-bond acceptors (Lipinski definition) is 3. The second kappa shape index (κ2) is 4.81. The molecular weight excluding hydrogens is 204 g/mol. The van der Waals surface area contributed by atoms with E-state index in [-0.39, 0.29) is 0 Å². The van der Waals surface area contributed by atoms with E-state index in [1.54, 1.807) is 10.6 Å². The van der Waals surface area contributed by atoms with Crippen molar-refractivity contribution in [2.24, 2.45) is 0 Å². The van der Waals surface area contributed by atoms with Crippen LogP contribution in [-0.2, 0) is 11.3 Å². The van der Waals surface area contributed by atoms with Crippen LogP contribution in [0, 0.1) is 6.92 Å². The average molecular weight is 215 g/mol. The summed E-state index contributed by atoms with van der Waals surface area (Å²) in [5.41, 5.74) is 1.83. The Kier molecular flexibility index (Phi) is 3.71. The fourth-order valence-electron chi connectivity index (χ4n) is 1.11. The number of nitrogens with zero attached hydrogens (tertiary/aromatic N) is 2. The van der Waals surface area contributed by atoms with Crippen LogP contribution in [0.4, 0.5) is 0 Å². The van der Waals surface area contributed by atoms with Gasteiger partial charge in [-0.15, -0.1) is 0 Å². The smallest absolute Gasteiger partial charge is 0.356 e. The van der Waals surface area contributed by atoms with E-state index < -0.39 is 5.97 Å². The number of carbonyl (C=O) groups is 1. The maximum absolute atomic E-state index is 11.3. The van der Waals surface area contributed by atoms with Crippen LogP contribution < -0.4 is 0 Å². The van der Waals surface area contributed by atoms with Gasteiger partial charge in [0.05, 0.1) is 13.3 Å². The first-order chi connectivity index (χ1) is 6.70. The molecule has 0 aliphatic carbocycles. The van der Waals surface area contributed by atoms with E-state index in [1.165, 1.54) is 18.8 Å². The molecule has 0 aromatic carbocycles. The van der Waals surface area contributed by atoms with Crippen LogP contribution in [0.3, 0.4) is 0 Å². The lowest BCUT2D eigenvalue weighted by atomic mass is 10.4. The second-order valence-corrected chi connectivity index (χ2v) is 2.91. The first kappa shape index (κ1) is 10.8. The zero-order valence-corrected chi connectivity index (χ0v) is 8.78. The van der Waals surface area contributed by atoms with Crippen molar-refractivity contribution < 1.29 is 9.53 Å². The van der Waals surface area contributed by atoms with Crippen molar-refractivity contribution in [1.29, 1.82) is 0 Å². The first-order valence-electron chi connectivity index (χ1n) is 4.06. The Morgan fingerprint density at radius 1 is 1.79 bits per heavy atom. The maximum Gasteiger partial charge on any atom is 0.356 e. The van der Waals surface area contributed by atoms with E-state index in [0.717, 1.165) is 5.82 Å². The summed E-state index contributed by atoms with van der Waals surface area (Å²) in [5, 5.41) is 0. The van der Waals surface area contributed by atoms with E-state index in [1.807, 2.05) is 6.92 Å². The molecule has 0 radical (unpaired) electrons. The van der Waals surface area contributed by atoms with Crippen molar-refractivity contribution in [2.45, 2.75) is 13.5 Å². The Morgan fingerprint density at radius 3 is 3.07 bits per heavy atom. The van der Waals surface area contributed by atoms with E-state index >= 15 is 0 Å². The summed E-state index contributed by atoms with van der Waals surface area (Å²) < 4.78 is 6.34. The zero-order valence-electron chi connectivity index (χ0n) is 8.03. The second-order valence-electron chi connectivity index (χ2n) is 2.65. The highest BCUT2D eigenvalue weighted by Crippen LogP contribution is 2.06. The molecule has 0 bridgehead atoms. The quantitative estimate of drug-likeness (QED) is 0.720. The molecule has 0 aliphatic rings. The molecule has 1 aromatic rings. The third kappa shape index (κ3) is 2.14. The predicted molar refractivity (Wildman–Crippen MR) is 53.3 cm³/mol. The molecule has 0 spiro atoms. The van der Waals surface area contributed by atoms with Crippen LogP contribution in [-0.4, -0.2) is 22.6 Å². The molecule has 0 saturated heterocycles. The standard InChI is InChI=1S/C9H11ClN2O2/c1-7-11-6-8(9(13)14-2)12(7)5-3-4-10/h3-4,6H,5H2,1-2H3. The fourth-order valence-corrected chi connectivity index (χ4v) is 1.19. The van der Waals surface area contributed by atoms with Gasteiger partial charge in [-0.05, 0) is 6.92 Å². The molecule has 14 heavy (non-hydrogen) atoms. The number of halogens is 1. The molecule has 1 aromatic heterocycles. The van der Waals surface area contributed by atoms with Crippen molar-refractivity contribution in [1.82, 2.24) is 9.55 Å². The van der Waals surface area contributed by atoms with Crippen LogP contribution >= 0.6 is 11.6 Å². The van der Waals surface area contributed by atoms with Crippen molar-refractivity contribution in [3.8, 4) is 0 Å². The third-order valence-electron chi connectivity index (χ3n) is 1.83. The van der Waals surface area contributed by atoms with Gasteiger partial charge in [0.25, 0.3) is 0 Å². The number of hydrogen-bond donors (Lipinski definition) is 0. The van der Waals surface area contributed by atoms with Gasteiger partial charge in [-0.25, -0.2) is 9.78 Å². The number of aryl methyl sites for hydroxylation is 1. The number of allylic oxidation sites excluding steroid dienone is 1. The van der Waals surface area contributed by atoms with Crippen LogP contribution in [0.25, 0.3) is 0 Å². The third-order valence-corrected chi connectivity index (χ3v) is 2.00. The Balaban J connectivity index is 2.99. The number of aromatic nitrogens is 2. The van der Waals surface area contributed by atoms with E-state index in [0.29, 0.717) is 12.2 Å². The van der Waals surface area contributed by atoms with Crippen LogP contribution in [0.2, 0.25) is 0 Å². The summed E-state index contributed by atoms with van der Waals surface area (Å²) >= 11 is 5.41. The Bertz CT molecular complexity index is 358. The molecule has 0 atom stereocenters.